The molecule has 0 atom stereocenters. The van der Waals surface area contributed by atoms with Gasteiger partial charge in [0.2, 0.25) is 5.78 Å². The Morgan fingerprint density at radius 3 is 2.44 bits per heavy atom. The molecule has 1 aliphatic heterocycles. The number of hydrogen-bond donors (Lipinski definition) is 0. The van der Waals surface area contributed by atoms with Gasteiger partial charge in [0.15, 0.2) is 5.76 Å². The number of methoxy groups -OCH3 is 2. The minimum absolute atomic E-state index is 0.166. The number of benzene rings is 3. The quantitative estimate of drug-likeness (QED) is 0.661. The lowest BCUT2D eigenvalue weighted by molar-refractivity contribution is 0.0988. The molecule has 1 aliphatic rings. The van der Waals surface area contributed by atoms with E-state index >= 15 is 0 Å². The van der Waals surface area contributed by atoms with Gasteiger partial charge in [-0.25, -0.2) is 0 Å². The summed E-state index contributed by atoms with van der Waals surface area (Å²) in [6, 6.07) is 16.6. The van der Waals surface area contributed by atoms with Crippen molar-refractivity contribution in [1.29, 1.82) is 0 Å². The molecule has 0 aliphatic carbocycles. The Balaban J connectivity index is 1.78. The number of Topliss-reactive ketones (excluding diaryl/α,β-unsaturated/α-hetero) is 1. The molecule has 0 aromatic heterocycles. The second kappa shape index (κ2) is 5.98. The number of allylic oxidation sites excluding steroid dienone is 1. The molecule has 0 saturated heterocycles. The summed E-state index contributed by atoms with van der Waals surface area (Å²) in [5, 5.41) is 1.91. The van der Waals surface area contributed by atoms with Gasteiger partial charge in [-0.1, -0.05) is 18.2 Å². The molecule has 0 amide bonds. The Labute approximate surface area is 145 Å². The highest BCUT2D eigenvalue weighted by Gasteiger charge is 2.22. The summed E-state index contributed by atoms with van der Waals surface area (Å²) in [5.41, 5.74) is 1.49. The van der Waals surface area contributed by atoms with Crippen LogP contribution in [0.3, 0.4) is 0 Å². The number of hydrogen-bond acceptors (Lipinski definition) is 4. The summed E-state index contributed by atoms with van der Waals surface area (Å²) in [6.07, 6.45) is 1.78. The molecule has 4 nitrogen and oxygen atoms in total. The van der Waals surface area contributed by atoms with E-state index in [0.717, 1.165) is 22.1 Å². The van der Waals surface area contributed by atoms with Gasteiger partial charge in [-0.05, 0) is 48.0 Å². The van der Waals surface area contributed by atoms with E-state index in [0.29, 0.717) is 22.8 Å². The van der Waals surface area contributed by atoms with Crippen LogP contribution in [0.15, 0.2) is 60.4 Å². The maximum absolute atomic E-state index is 12.8. The second-order valence-electron chi connectivity index (χ2n) is 5.70. The molecule has 0 saturated carbocycles. The zero-order valence-corrected chi connectivity index (χ0v) is 13.9. The molecule has 0 N–H and O–H groups in total. The third kappa shape index (κ3) is 2.52. The smallest absolute Gasteiger partial charge is 0.228 e. The summed E-state index contributed by atoms with van der Waals surface area (Å²) in [7, 11) is 3.23. The van der Waals surface area contributed by atoms with Crippen LogP contribution in [0.5, 0.6) is 17.2 Å². The molecular formula is C21H16O4. The van der Waals surface area contributed by atoms with Crippen LogP contribution < -0.4 is 14.2 Å². The number of carbonyl (C=O) groups is 1. The lowest BCUT2D eigenvalue weighted by Gasteiger charge is -2.19. The van der Waals surface area contributed by atoms with Crippen LogP contribution in [0.25, 0.3) is 16.8 Å². The van der Waals surface area contributed by atoms with Gasteiger partial charge in [0, 0.05) is 16.3 Å². The van der Waals surface area contributed by atoms with Gasteiger partial charge in [0.25, 0.3) is 0 Å². The van der Waals surface area contributed by atoms with E-state index in [1.54, 1.807) is 44.6 Å². The van der Waals surface area contributed by atoms with Gasteiger partial charge in [-0.2, -0.15) is 0 Å². The third-order valence-electron chi connectivity index (χ3n) is 4.30. The lowest BCUT2D eigenvalue weighted by atomic mass is 9.98. The molecule has 1 heterocycles. The van der Waals surface area contributed by atoms with Crippen molar-refractivity contribution in [2.75, 3.05) is 14.2 Å². The van der Waals surface area contributed by atoms with Crippen LogP contribution >= 0.6 is 0 Å². The molecule has 0 unspecified atom stereocenters. The maximum atomic E-state index is 12.8. The Kier molecular flexibility index (Phi) is 3.65. The van der Waals surface area contributed by atoms with E-state index in [2.05, 4.69) is 0 Å². The molecule has 4 heteroatoms. The second-order valence-corrected chi connectivity index (χ2v) is 5.70. The summed E-state index contributed by atoms with van der Waals surface area (Å²) < 4.78 is 16.4. The van der Waals surface area contributed by atoms with Crippen molar-refractivity contribution in [1.82, 2.24) is 0 Å². The van der Waals surface area contributed by atoms with Gasteiger partial charge >= 0.3 is 0 Å². The molecule has 4 rings (SSSR count). The van der Waals surface area contributed by atoms with Gasteiger partial charge in [0.05, 0.1) is 14.2 Å². The standard InChI is InChI=1S/C21H16O4/c1-23-15-9-6-13(7-10-15)21(22)19-12-14-8-11-17(24-2)16-4-3-5-18(25-19)20(14)16/h3-12H,1-2H3. The highest BCUT2D eigenvalue weighted by molar-refractivity contribution is 6.13. The van der Waals surface area contributed by atoms with E-state index in [4.69, 9.17) is 14.2 Å². The highest BCUT2D eigenvalue weighted by atomic mass is 16.5. The molecule has 0 spiro atoms. The summed E-state index contributed by atoms with van der Waals surface area (Å²) >= 11 is 0. The van der Waals surface area contributed by atoms with Crippen molar-refractivity contribution in [3.05, 3.63) is 71.5 Å². The minimum Gasteiger partial charge on any atom is -0.497 e. The zero-order valence-electron chi connectivity index (χ0n) is 13.9. The Bertz CT molecular complexity index is 1000. The lowest BCUT2D eigenvalue weighted by Crippen LogP contribution is -2.12. The number of ether oxygens (including phenoxy) is 3. The van der Waals surface area contributed by atoms with E-state index < -0.39 is 0 Å². The average Bonchev–Trinajstić information content (AvgIpc) is 2.68. The first-order valence-electron chi connectivity index (χ1n) is 7.89. The molecular weight excluding hydrogens is 316 g/mol. The Morgan fingerprint density at radius 1 is 0.920 bits per heavy atom. The van der Waals surface area contributed by atoms with Gasteiger partial charge in [-0.3, -0.25) is 4.79 Å². The largest absolute Gasteiger partial charge is 0.497 e. The first kappa shape index (κ1) is 15.3. The topological polar surface area (TPSA) is 44.8 Å². The third-order valence-corrected chi connectivity index (χ3v) is 4.30. The fourth-order valence-electron chi connectivity index (χ4n) is 3.04. The Morgan fingerprint density at radius 2 is 1.72 bits per heavy atom. The minimum atomic E-state index is -0.166. The first-order chi connectivity index (χ1) is 12.2. The normalized spacial score (nSPS) is 12.3. The summed E-state index contributed by atoms with van der Waals surface area (Å²) in [5.74, 6) is 2.28. The fraction of sp³-hybridized carbons (Fsp3) is 0.0952. The molecule has 124 valence electrons. The monoisotopic (exact) mass is 332 g/mol. The number of ketones is 1. The van der Waals surface area contributed by atoms with Crippen molar-refractivity contribution in [3.8, 4) is 17.2 Å². The summed E-state index contributed by atoms with van der Waals surface area (Å²) in [4.78, 5) is 12.8. The van der Waals surface area contributed by atoms with Crippen LogP contribution in [0.2, 0.25) is 0 Å². The SMILES string of the molecule is COc1ccc(C(=O)C2=Cc3ccc(OC)c4cccc(c34)O2)cc1. The van der Waals surface area contributed by atoms with E-state index in [9.17, 15) is 4.79 Å². The Hall–Kier alpha value is -3.27. The fourth-order valence-corrected chi connectivity index (χ4v) is 3.04. The molecule has 3 aromatic rings. The maximum Gasteiger partial charge on any atom is 0.228 e. The molecule has 3 aromatic carbocycles. The zero-order chi connectivity index (χ0) is 17.4. The van der Waals surface area contributed by atoms with E-state index in [1.807, 2.05) is 30.3 Å². The van der Waals surface area contributed by atoms with Gasteiger partial charge in [-0.15, -0.1) is 0 Å². The predicted octanol–water partition coefficient (Wildman–Crippen LogP) is 4.47. The predicted molar refractivity (Wildman–Crippen MR) is 96.4 cm³/mol. The van der Waals surface area contributed by atoms with Crippen LogP contribution in [0.1, 0.15) is 15.9 Å². The van der Waals surface area contributed by atoms with Crippen molar-refractivity contribution in [2.24, 2.45) is 0 Å². The van der Waals surface area contributed by atoms with Crippen molar-refractivity contribution in [2.45, 2.75) is 0 Å². The van der Waals surface area contributed by atoms with Crippen LogP contribution in [0.4, 0.5) is 0 Å². The van der Waals surface area contributed by atoms with Crippen molar-refractivity contribution in [3.63, 3.8) is 0 Å². The van der Waals surface area contributed by atoms with Crippen LogP contribution in [-0.2, 0) is 0 Å². The average molecular weight is 332 g/mol. The highest BCUT2D eigenvalue weighted by Crippen LogP contribution is 2.39. The first-order valence-corrected chi connectivity index (χ1v) is 7.89. The number of rotatable bonds is 4. The van der Waals surface area contributed by atoms with Crippen molar-refractivity contribution < 1.29 is 19.0 Å². The number of carbonyl (C=O) groups excluding carboxylic acids is 1. The summed E-state index contributed by atoms with van der Waals surface area (Å²) in [6.45, 7) is 0. The van der Waals surface area contributed by atoms with Gasteiger partial charge in [0.1, 0.15) is 17.2 Å². The van der Waals surface area contributed by atoms with E-state index in [1.165, 1.54) is 0 Å². The van der Waals surface area contributed by atoms with Crippen LogP contribution in [0, 0.1) is 0 Å². The molecule has 0 radical (unpaired) electrons. The van der Waals surface area contributed by atoms with Crippen molar-refractivity contribution >= 4 is 22.6 Å². The van der Waals surface area contributed by atoms with Gasteiger partial charge < -0.3 is 14.2 Å². The molecule has 0 bridgehead atoms. The van der Waals surface area contributed by atoms with E-state index in [-0.39, 0.29) is 5.78 Å². The van der Waals surface area contributed by atoms with Crippen LogP contribution in [-0.4, -0.2) is 20.0 Å². The molecule has 25 heavy (non-hydrogen) atoms. The molecule has 0 fully saturated rings.